The minimum atomic E-state index is -1.11. The molecule has 0 saturated carbocycles. The third kappa shape index (κ3) is 8.51. The lowest BCUT2D eigenvalue weighted by atomic mass is 10.1. The first-order chi connectivity index (χ1) is 10.3. The maximum Gasteiger partial charge on any atom is 0.426 e. The molecule has 0 spiro atoms. The topological polar surface area (TPSA) is 125 Å². The number of carbonyl (C=O) groups excluding carboxylic acids is 3. The maximum atomic E-state index is 12.4. The van der Waals surface area contributed by atoms with Gasteiger partial charge in [0.2, 0.25) is 0 Å². The lowest BCUT2D eigenvalue weighted by Crippen LogP contribution is -2.52. The van der Waals surface area contributed by atoms with Crippen LogP contribution in [0.25, 0.3) is 0 Å². The molecule has 0 aromatic heterocycles. The second-order valence-electron chi connectivity index (χ2n) is 7.17. The van der Waals surface area contributed by atoms with Gasteiger partial charge < -0.3 is 20.9 Å². The molecule has 0 unspecified atom stereocenters. The molecule has 3 amide bonds. The van der Waals surface area contributed by atoms with Crippen molar-refractivity contribution < 1.29 is 23.9 Å². The van der Waals surface area contributed by atoms with Crippen LogP contribution in [-0.4, -0.2) is 46.8 Å². The lowest BCUT2D eigenvalue weighted by Gasteiger charge is -2.28. The van der Waals surface area contributed by atoms with Crippen LogP contribution in [0.3, 0.4) is 0 Å². The summed E-state index contributed by atoms with van der Waals surface area (Å²) in [5.74, 6) is -0.873. The van der Waals surface area contributed by atoms with Crippen LogP contribution in [0.2, 0.25) is 0 Å². The Morgan fingerprint density at radius 2 is 1.35 bits per heavy atom. The summed E-state index contributed by atoms with van der Waals surface area (Å²) >= 11 is 0. The molecule has 0 rings (SSSR count). The van der Waals surface area contributed by atoms with Crippen LogP contribution in [0, 0.1) is 0 Å². The van der Waals surface area contributed by atoms with Crippen molar-refractivity contribution in [1.29, 1.82) is 0 Å². The molecule has 0 bridgehead atoms. The second kappa shape index (κ2) is 8.26. The van der Waals surface area contributed by atoms with Crippen molar-refractivity contribution in [2.75, 3.05) is 6.54 Å². The van der Waals surface area contributed by atoms with Crippen LogP contribution < -0.4 is 11.5 Å². The van der Waals surface area contributed by atoms with E-state index in [4.69, 9.17) is 20.9 Å². The number of rotatable bonds is 4. The van der Waals surface area contributed by atoms with Crippen LogP contribution in [-0.2, 0) is 14.3 Å². The number of nitrogens with two attached hydrogens (primary N) is 2. The molecular weight excluding hydrogens is 302 g/mol. The van der Waals surface area contributed by atoms with Gasteiger partial charge in [0.15, 0.2) is 0 Å². The Labute approximate surface area is 137 Å². The molecule has 0 saturated heterocycles. The minimum Gasteiger partial charge on any atom is -0.443 e. The zero-order valence-electron chi connectivity index (χ0n) is 14.8. The van der Waals surface area contributed by atoms with E-state index >= 15 is 0 Å². The van der Waals surface area contributed by atoms with E-state index in [1.807, 2.05) is 0 Å². The Balaban J connectivity index is 5.32. The summed E-state index contributed by atoms with van der Waals surface area (Å²) in [6.45, 7) is 10.1. The van der Waals surface area contributed by atoms with Gasteiger partial charge in [-0.3, -0.25) is 4.79 Å². The summed E-state index contributed by atoms with van der Waals surface area (Å²) < 4.78 is 10.2. The Kier molecular flexibility index (Phi) is 7.66. The largest absolute Gasteiger partial charge is 0.443 e. The molecule has 23 heavy (non-hydrogen) atoms. The van der Waals surface area contributed by atoms with Gasteiger partial charge in [0.25, 0.3) is 5.91 Å². The van der Waals surface area contributed by atoms with E-state index in [9.17, 15) is 14.4 Å². The Bertz CT molecular complexity index is 409. The zero-order valence-corrected chi connectivity index (χ0v) is 14.8. The number of amides is 3. The van der Waals surface area contributed by atoms with Crippen molar-refractivity contribution in [3.8, 4) is 0 Å². The van der Waals surface area contributed by atoms with Gasteiger partial charge in [-0.15, -0.1) is 4.90 Å². The summed E-state index contributed by atoms with van der Waals surface area (Å²) in [6, 6.07) is -1.04. The highest BCUT2D eigenvalue weighted by atomic mass is 16.6. The molecular formula is C15H29N3O5. The van der Waals surface area contributed by atoms with E-state index in [0.29, 0.717) is 17.9 Å². The highest BCUT2D eigenvalue weighted by Gasteiger charge is 2.38. The third-order valence-corrected chi connectivity index (χ3v) is 2.41. The van der Waals surface area contributed by atoms with Crippen LogP contribution in [0.1, 0.15) is 54.4 Å². The molecule has 0 aromatic rings. The Hall–Kier alpha value is -1.67. The van der Waals surface area contributed by atoms with Crippen molar-refractivity contribution >= 4 is 18.1 Å². The van der Waals surface area contributed by atoms with E-state index in [0.717, 1.165) is 0 Å². The fraction of sp³-hybridized carbons (Fsp3) is 0.800. The SMILES string of the molecule is CC(C)(C)OC(=O)N(C(=O)OC(C)(C)C)C(=O)[C@@H](N)CCCN. The standard InChI is InChI=1S/C15H29N3O5/c1-14(2,3)22-12(20)18(13(21)23-15(4,5)6)11(19)10(17)8-7-9-16/h10H,7-9,16-17H2,1-6H3/t10-/m0/s1. The molecule has 0 fully saturated rings. The van der Waals surface area contributed by atoms with E-state index < -0.39 is 35.3 Å². The van der Waals surface area contributed by atoms with Crippen LogP contribution in [0.4, 0.5) is 9.59 Å². The van der Waals surface area contributed by atoms with E-state index in [1.165, 1.54) is 0 Å². The minimum absolute atomic E-state index is 0.247. The Morgan fingerprint density at radius 1 is 0.957 bits per heavy atom. The first-order valence-electron chi connectivity index (χ1n) is 7.54. The molecule has 8 heteroatoms. The van der Waals surface area contributed by atoms with Gasteiger partial charge in [0, 0.05) is 0 Å². The van der Waals surface area contributed by atoms with E-state index in [2.05, 4.69) is 0 Å². The zero-order chi connectivity index (χ0) is 18.4. The first-order valence-corrected chi connectivity index (χ1v) is 7.54. The normalized spacial score (nSPS) is 13.2. The molecule has 1 atom stereocenters. The van der Waals surface area contributed by atoms with Gasteiger partial charge in [0.1, 0.15) is 11.2 Å². The smallest absolute Gasteiger partial charge is 0.426 e. The fourth-order valence-corrected chi connectivity index (χ4v) is 1.50. The monoisotopic (exact) mass is 331 g/mol. The number of hydrogen-bond donors (Lipinski definition) is 2. The van der Waals surface area contributed by atoms with E-state index in [1.54, 1.807) is 41.5 Å². The predicted octanol–water partition coefficient (Wildman–Crippen LogP) is 1.75. The number of imide groups is 3. The van der Waals surface area contributed by atoms with E-state index in [-0.39, 0.29) is 6.42 Å². The highest BCUT2D eigenvalue weighted by Crippen LogP contribution is 2.16. The summed E-state index contributed by atoms with van der Waals surface area (Å²) in [5.41, 5.74) is 9.37. The Morgan fingerprint density at radius 3 is 1.65 bits per heavy atom. The first kappa shape index (κ1) is 21.3. The van der Waals surface area contributed by atoms with Crippen molar-refractivity contribution in [2.45, 2.75) is 71.6 Å². The molecule has 0 aromatic carbocycles. The van der Waals surface area contributed by atoms with Gasteiger partial charge >= 0.3 is 12.2 Å². The van der Waals surface area contributed by atoms with Gasteiger partial charge in [0.05, 0.1) is 6.04 Å². The number of nitrogens with zero attached hydrogens (tertiary/aromatic N) is 1. The van der Waals surface area contributed by atoms with Gasteiger partial charge in [-0.2, -0.15) is 0 Å². The predicted molar refractivity (Wildman–Crippen MR) is 85.6 cm³/mol. The molecule has 4 N–H and O–H groups in total. The third-order valence-electron chi connectivity index (χ3n) is 2.41. The lowest BCUT2D eigenvalue weighted by molar-refractivity contribution is -0.131. The number of ether oxygens (including phenoxy) is 2. The van der Waals surface area contributed by atoms with Crippen molar-refractivity contribution in [3.63, 3.8) is 0 Å². The summed E-state index contributed by atoms with van der Waals surface area (Å²) in [7, 11) is 0. The quantitative estimate of drug-likeness (QED) is 0.803. The molecule has 0 aliphatic rings. The average molecular weight is 331 g/mol. The fourth-order valence-electron chi connectivity index (χ4n) is 1.50. The van der Waals surface area contributed by atoms with Crippen LogP contribution >= 0.6 is 0 Å². The molecule has 134 valence electrons. The van der Waals surface area contributed by atoms with Gasteiger partial charge in [-0.1, -0.05) is 0 Å². The van der Waals surface area contributed by atoms with Crippen LogP contribution in [0.5, 0.6) is 0 Å². The molecule has 0 aliphatic heterocycles. The molecule has 0 aliphatic carbocycles. The second-order valence-corrected chi connectivity index (χ2v) is 7.17. The van der Waals surface area contributed by atoms with Crippen molar-refractivity contribution in [1.82, 2.24) is 4.90 Å². The van der Waals surface area contributed by atoms with Gasteiger partial charge in [-0.05, 0) is 60.9 Å². The summed E-state index contributed by atoms with van der Waals surface area (Å²) in [6.07, 6.45) is -1.49. The number of carbonyl (C=O) groups is 3. The van der Waals surface area contributed by atoms with Crippen LogP contribution in [0.15, 0.2) is 0 Å². The summed E-state index contributed by atoms with van der Waals surface area (Å²) in [5, 5.41) is 0. The average Bonchev–Trinajstić information content (AvgIpc) is 2.31. The molecule has 8 nitrogen and oxygen atoms in total. The maximum absolute atomic E-state index is 12.4. The van der Waals surface area contributed by atoms with Gasteiger partial charge in [-0.25, -0.2) is 9.59 Å². The van der Waals surface area contributed by atoms with Crippen molar-refractivity contribution in [3.05, 3.63) is 0 Å². The molecule has 0 heterocycles. The molecule has 0 radical (unpaired) electrons. The highest BCUT2D eigenvalue weighted by molar-refractivity contribution is 6.08. The summed E-state index contributed by atoms with van der Waals surface area (Å²) in [4.78, 5) is 37.1. The number of hydrogen-bond acceptors (Lipinski definition) is 7. The van der Waals surface area contributed by atoms with Crippen molar-refractivity contribution in [2.24, 2.45) is 11.5 Å².